The van der Waals surface area contributed by atoms with Crippen molar-refractivity contribution in [3.8, 4) is 0 Å². The molecule has 0 saturated carbocycles. The van der Waals surface area contributed by atoms with Crippen molar-refractivity contribution in [2.75, 3.05) is 13.1 Å². The Labute approximate surface area is 112 Å². The van der Waals surface area contributed by atoms with E-state index in [-0.39, 0.29) is 5.91 Å². The Morgan fingerprint density at radius 3 is 3.11 bits per heavy atom. The quantitative estimate of drug-likeness (QED) is 0.837. The van der Waals surface area contributed by atoms with Crippen molar-refractivity contribution in [3.05, 3.63) is 48.7 Å². The summed E-state index contributed by atoms with van der Waals surface area (Å²) in [5.41, 5.74) is 2.46. The van der Waals surface area contributed by atoms with Crippen LogP contribution in [0.5, 0.6) is 0 Å². The molecule has 1 aliphatic rings. The molecule has 19 heavy (non-hydrogen) atoms. The van der Waals surface area contributed by atoms with Crippen molar-refractivity contribution in [1.82, 2.24) is 9.88 Å². The summed E-state index contributed by atoms with van der Waals surface area (Å²) in [4.78, 5) is 17.1. The molecule has 3 rings (SSSR count). The van der Waals surface area contributed by atoms with E-state index in [0.717, 1.165) is 19.5 Å². The minimum Gasteiger partial charge on any atom is -0.361 e. The molecule has 3 heteroatoms. The highest BCUT2D eigenvalue weighted by molar-refractivity contribution is 5.82. The first-order valence-corrected chi connectivity index (χ1v) is 6.73. The highest BCUT2D eigenvalue weighted by Gasteiger charge is 2.26. The third-order valence-corrected chi connectivity index (χ3v) is 3.90. The molecule has 1 fully saturated rings. The van der Waals surface area contributed by atoms with Crippen LogP contribution in [0.2, 0.25) is 0 Å². The predicted octanol–water partition coefficient (Wildman–Crippen LogP) is 2.74. The summed E-state index contributed by atoms with van der Waals surface area (Å²) >= 11 is 0. The number of H-pyrrole nitrogens is 1. The van der Waals surface area contributed by atoms with Gasteiger partial charge in [-0.3, -0.25) is 4.79 Å². The van der Waals surface area contributed by atoms with Gasteiger partial charge in [0.1, 0.15) is 0 Å². The van der Waals surface area contributed by atoms with E-state index >= 15 is 0 Å². The lowest BCUT2D eigenvalue weighted by Gasteiger charge is -2.16. The lowest BCUT2D eigenvalue weighted by Crippen LogP contribution is -2.27. The van der Waals surface area contributed by atoms with Crippen LogP contribution in [0.3, 0.4) is 0 Å². The van der Waals surface area contributed by atoms with Crippen molar-refractivity contribution in [1.29, 1.82) is 0 Å². The van der Waals surface area contributed by atoms with Crippen molar-refractivity contribution in [2.24, 2.45) is 5.92 Å². The second-order valence-corrected chi connectivity index (χ2v) is 5.15. The molecule has 1 aromatic carbocycles. The summed E-state index contributed by atoms with van der Waals surface area (Å²) < 4.78 is 0. The standard InChI is InChI=1S/C16H18N2O/c1-2-12-10-15(19)18(11-12)9-7-14-5-3-4-13-6-8-17-16(13)14/h2-6,8,12,17H,1,7,9-11H2. The number of benzene rings is 1. The van der Waals surface area contributed by atoms with Gasteiger partial charge < -0.3 is 9.88 Å². The van der Waals surface area contributed by atoms with E-state index in [1.807, 2.05) is 17.2 Å². The van der Waals surface area contributed by atoms with Gasteiger partial charge in [0.15, 0.2) is 0 Å². The zero-order chi connectivity index (χ0) is 13.2. The Balaban J connectivity index is 1.71. The number of aromatic amines is 1. The molecule has 1 atom stereocenters. The van der Waals surface area contributed by atoms with Crippen LogP contribution >= 0.6 is 0 Å². The first-order chi connectivity index (χ1) is 9.28. The fourth-order valence-electron chi connectivity index (χ4n) is 2.79. The molecule has 0 bridgehead atoms. The van der Waals surface area contributed by atoms with E-state index in [1.54, 1.807) is 0 Å². The number of aromatic nitrogens is 1. The number of carbonyl (C=O) groups excluding carboxylic acids is 1. The van der Waals surface area contributed by atoms with E-state index in [1.165, 1.54) is 16.5 Å². The van der Waals surface area contributed by atoms with Gasteiger partial charge in [0.25, 0.3) is 0 Å². The SMILES string of the molecule is C=CC1CC(=O)N(CCc2cccc3cc[nH]c23)C1. The number of hydrogen-bond acceptors (Lipinski definition) is 1. The normalized spacial score (nSPS) is 19.3. The molecule has 1 aliphatic heterocycles. The van der Waals surface area contributed by atoms with Crippen molar-refractivity contribution in [3.63, 3.8) is 0 Å². The highest BCUT2D eigenvalue weighted by atomic mass is 16.2. The van der Waals surface area contributed by atoms with Crippen LogP contribution in [0, 0.1) is 5.92 Å². The highest BCUT2D eigenvalue weighted by Crippen LogP contribution is 2.21. The van der Waals surface area contributed by atoms with Gasteiger partial charge in [0.2, 0.25) is 5.91 Å². The topological polar surface area (TPSA) is 36.1 Å². The number of hydrogen-bond donors (Lipinski definition) is 1. The molecule has 0 aliphatic carbocycles. The molecule has 3 nitrogen and oxygen atoms in total. The number of carbonyl (C=O) groups is 1. The zero-order valence-electron chi connectivity index (χ0n) is 10.9. The van der Waals surface area contributed by atoms with Gasteiger partial charge in [-0.15, -0.1) is 6.58 Å². The first-order valence-electron chi connectivity index (χ1n) is 6.73. The minimum absolute atomic E-state index is 0.253. The van der Waals surface area contributed by atoms with Crippen molar-refractivity contribution >= 4 is 16.8 Å². The summed E-state index contributed by atoms with van der Waals surface area (Å²) in [6.45, 7) is 5.40. The van der Waals surface area contributed by atoms with Gasteiger partial charge in [0.05, 0.1) is 0 Å². The minimum atomic E-state index is 0.253. The number of nitrogens with zero attached hydrogens (tertiary/aromatic N) is 1. The van der Waals surface area contributed by atoms with E-state index < -0.39 is 0 Å². The molecule has 98 valence electrons. The third kappa shape index (κ3) is 2.28. The number of likely N-dealkylation sites (tertiary alicyclic amines) is 1. The second kappa shape index (κ2) is 4.92. The lowest BCUT2D eigenvalue weighted by molar-refractivity contribution is -0.127. The molecule has 0 radical (unpaired) electrons. The Morgan fingerprint density at radius 2 is 2.32 bits per heavy atom. The van der Waals surface area contributed by atoms with Crippen LogP contribution in [-0.4, -0.2) is 28.9 Å². The van der Waals surface area contributed by atoms with Crippen molar-refractivity contribution in [2.45, 2.75) is 12.8 Å². The molecular formula is C16H18N2O. The van der Waals surface area contributed by atoms with Gasteiger partial charge in [-0.05, 0) is 23.4 Å². The Bertz CT molecular complexity index is 614. The van der Waals surface area contributed by atoms with Gasteiger partial charge >= 0.3 is 0 Å². The maximum atomic E-state index is 11.8. The number of rotatable bonds is 4. The molecule has 1 aromatic heterocycles. The average Bonchev–Trinajstić information content (AvgIpc) is 3.02. The van der Waals surface area contributed by atoms with Crippen LogP contribution in [0.25, 0.3) is 10.9 Å². The van der Waals surface area contributed by atoms with Gasteiger partial charge in [0, 0.05) is 37.1 Å². The lowest BCUT2D eigenvalue weighted by atomic mass is 10.1. The average molecular weight is 254 g/mol. The first kappa shape index (κ1) is 12.0. The van der Waals surface area contributed by atoms with E-state index in [9.17, 15) is 4.79 Å². The maximum Gasteiger partial charge on any atom is 0.223 e. The second-order valence-electron chi connectivity index (χ2n) is 5.15. The number of nitrogens with one attached hydrogen (secondary N) is 1. The van der Waals surface area contributed by atoms with Crippen LogP contribution in [0.4, 0.5) is 0 Å². The third-order valence-electron chi connectivity index (χ3n) is 3.90. The Kier molecular flexibility index (Phi) is 3.11. The zero-order valence-corrected chi connectivity index (χ0v) is 10.9. The van der Waals surface area contributed by atoms with Crippen molar-refractivity contribution < 1.29 is 4.79 Å². The van der Waals surface area contributed by atoms with Gasteiger partial charge in [-0.25, -0.2) is 0 Å². The number of amides is 1. The van der Waals surface area contributed by atoms with Gasteiger partial charge in [-0.1, -0.05) is 24.3 Å². The summed E-state index contributed by atoms with van der Waals surface area (Å²) in [7, 11) is 0. The fourth-order valence-corrected chi connectivity index (χ4v) is 2.79. The Morgan fingerprint density at radius 1 is 1.42 bits per heavy atom. The molecule has 2 aromatic rings. The maximum absolute atomic E-state index is 11.8. The predicted molar refractivity (Wildman–Crippen MR) is 76.9 cm³/mol. The smallest absolute Gasteiger partial charge is 0.223 e. The van der Waals surface area contributed by atoms with Crippen LogP contribution < -0.4 is 0 Å². The van der Waals surface area contributed by atoms with Crippen LogP contribution in [0.15, 0.2) is 43.1 Å². The molecule has 1 saturated heterocycles. The summed E-state index contributed by atoms with van der Waals surface area (Å²) in [5, 5.41) is 1.23. The summed E-state index contributed by atoms with van der Waals surface area (Å²) in [6.07, 6.45) is 5.37. The molecule has 1 unspecified atom stereocenters. The Hall–Kier alpha value is -2.03. The largest absolute Gasteiger partial charge is 0.361 e. The molecule has 2 heterocycles. The summed E-state index contributed by atoms with van der Waals surface area (Å²) in [5.74, 6) is 0.581. The molecule has 1 amide bonds. The fraction of sp³-hybridized carbons (Fsp3) is 0.312. The van der Waals surface area contributed by atoms with E-state index in [4.69, 9.17) is 0 Å². The van der Waals surface area contributed by atoms with Gasteiger partial charge in [-0.2, -0.15) is 0 Å². The van der Waals surface area contributed by atoms with Crippen LogP contribution in [-0.2, 0) is 11.2 Å². The monoisotopic (exact) mass is 254 g/mol. The molecular weight excluding hydrogens is 236 g/mol. The number of para-hydroxylation sites is 1. The summed E-state index contributed by atoms with van der Waals surface area (Å²) in [6, 6.07) is 8.38. The van der Waals surface area contributed by atoms with Crippen LogP contribution in [0.1, 0.15) is 12.0 Å². The van der Waals surface area contributed by atoms with E-state index in [2.05, 4.69) is 35.8 Å². The number of fused-ring (bicyclic) bond motifs is 1. The molecule has 0 spiro atoms. The molecule has 1 N–H and O–H groups in total. The van der Waals surface area contributed by atoms with E-state index in [0.29, 0.717) is 12.3 Å².